The molecule has 0 aliphatic heterocycles. The number of ether oxygens (including phenoxy) is 2. The average Bonchev–Trinajstić information content (AvgIpc) is 3.13. The molecule has 29 heavy (non-hydrogen) atoms. The van der Waals surface area contributed by atoms with Gasteiger partial charge in [-0.05, 0) is 36.8 Å². The van der Waals surface area contributed by atoms with Crippen LogP contribution in [0.1, 0.15) is 23.0 Å². The number of halogens is 1. The number of aliphatic hydroxyl groups is 1. The highest BCUT2D eigenvalue weighted by molar-refractivity contribution is 5.85. The van der Waals surface area contributed by atoms with E-state index in [0.29, 0.717) is 6.54 Å². The minimum Gasteiger partial charge on any atom is -0.497 e. The van der Waals surface area contributed by atoms with Gasteiger partial charge in [-0.1, -0.05) is 29.8 Å². The first-order valence-electron chi connectivity index (χ1n) is 9.29. The minimum atomic E-state index is -0.658. The molecule has 7 heteroatoms. The summed E-state index contributed by atoms with van der Waals surface area (Å²) in [6.07, 6.45) is 3.01. The molecule has 0 saturated heterocycles. The van der Waals surface area contributed by atoms with Crippen LogP contribution in [0.15, 0.2) is 60.9 Å². The van der Waals surface area contributed by atoms with Crippen molar-refractivity contribution in [3.05, 3.63) is 77.9 Å². The van der Waals surface area contributed by atoms with E-state index in [2.05, 4.69) is 10.3 Å². The molecule has 2 atom stereocenters. The van der Waals surface area contributed by atoms with Crippen molar-refractivity contribution < 1.29 is 14.6 Å². The Morgan fingerprint density at radius 3 is 2.55 bits per heavy atom. The summed E-state index contributed by atoms with van der Waals surface area (Å²) in [4.78, 5) is 4.47. The molecule has 2 aromatic carbocycles. The van der Waals surface area contributed by atoms with E-state index in [1.54, 1.807) is 13.3 Å². The standard InChI is InChI=1S/C22H27N3O3.ClH/c1-16-7-9-19(10-8-16)28-15-18(26)14-24-21(22-23-11-12-25(22)2)17-5-4-6-20(13-17)27-3;/h4-13,18,21,24,26H,14-15H2,1-3H3;1H. The van der Waals surface area contributed by atoms with Crippen molar-refractivity contribution in [1.29, 1.82) is 0 Å². The summed E-state index contributed by atoms with van der Waals surface area (Å²) in [6.45, 7) is 2.60. The third kappa shape index (κ3) is 6.22. The van der Waals surface area contributed by atoms with Crippen LogP contribution in [-0.4, -0.2) is 41.0 Å². The average molecular weight is 418 g/mol. The van der Waals surface area contributed by atoms with Gasteiger partial charge in [0.05, 0.1) is 13.2 Å². The van der Waals surface area contributed by atoms with Crippen molar-refractivity contribution >= 4 is 12.4 Å². The zero-order valence-corrected chi connectivity index (χ0v) is 17.7. The van der Waals surface area contributed by atoms with Gasteiger partial charge in [0.2, 0.25) is 0 Å². The third-order valence-electron chi connectivity index (χ3n) is 4.56. The van der Waals surface area contributed by atoms with Gasteiger partial charge in [0, 0.05) is 26.0 Å². The molecule has 0 bridgehead atoms. The molecular weight excluding hydrogens is 390 g/mol. The Labute approximate surface area is 177 Å². The number of methoxy groups -OCH3 is 1. The zero-order valence-electron chi connectivity index (χ0n) is 16.9. The van der Waals surface area contributed by atoms with Crippen molar-refractivity contribution in [2.24, 2.45) is 7.05 Å². The summed E-state index contributed by atoms with van der Waals surface area (Å²) < 4.78 is 13.0. The van der Waals surface area contributed by atoms with Gasteiger partial charge in [-0.25, -0.2) is 4.98 Å². The van der Waals surface area contributed by atoms with Crippen LogP contribution in [0.25, 0.3) is 0 Å². The summed E-state index contributed by atoms with van der Waals surface area (Å²) >= 11 is 0. The predicted molar refractivity (Wildman–Crippen MR) is 116 cm³/mol. The Morgan fingerprint density at radius 1 is 1.14 bits per heavy atom. The molecule has 0 amide bonds. The maximum absolute atomic E-state index is 10.4. The van der Waals surface area contributed by atoms with E-state index in [4.69, 9.17) is 9.47 Å². The minimum absolute atomic E-state index is 0. The fourth-order valence-electron chi connectivity index (χ4n) is 2.97. The van der Waals surface area contributed by atoms with Crippen LogP contribution in [0.5, 0.6) is 11.5 Å². The lowest BCUT2D eigenvalue weighted by atomic mass is 10.1. The Kier molecular flexibility index (Phi) is 8.51. The van der Waals surface area contributed by atoms with E-state index in [0.717, 1.165) is 22.9 Å². The maximum atomic E-state index is 10.4. The molecule has 0 aliphatic rings. The Hall–Kier alpha value is -2.54. The van der Waals surface area contributed by atoms with E-state index in [9.17, 15) is 5.11 Å². The lowest BCUT2D eigenvalue weighted by Gasteiger charge is -2.22. The summed E-state index contributed by atoms with van der Waals surface area (Å²) in [5, 5.41) is 13.8. The lowest BCUT2D eigenvalue weighted by molar-refractivity contribution is 0.104. The number of aromatic nitrogens is 2. The number of benzene rings is 2. The van der Waals surface area contributed by atoms with E-state index < -0.39 is 6.10 Å². The highest BCUT2D eigenvalue weighted by atomic mass is 35.5. The third-order valence-corrected chi connectivity index (χ3v) is 4.56. The van der Waals surface area contributed by atoms with Gasteiger partial charge in [0.15, 0.2) is 0 Å². The van der Waals surface area contributed by atoms with Gasteiger partial charge >= 0.3 is 0 Å². The van der Waals surface area contributed by atoms with Crippen molar-refractivity contribution in [1.82, 2.24) is 14.9 Å². The molecule has 6 nitrogen and oxygen atoms in total. The van der Waals surface area contributed by atoms with Crippen molar-refractivity contribution in [2.75, 3.05) is 20.3 Å². The molecule has 0 fully saturated rings. The number of aliphatic hydroxyl groups excluding tert-OH is 1. The Bertz CT molecular complexity index is 883. The molecule has 0 saturated carbocycles. The smallest absolute Gasteiger partial charge is 0.130 e. The highest BCUT2D eigenvalue weighted by Crippen LogP contribution is 2.24. The van der Waals surface area contributed by atoms with Crippen LogP contribution in [0.3, 0.4) is 0 Å². The molecule has 2 unspecified atom stereocenters. The van der Waals surface area contributed by atoms with Crippen LogP contribution in [0.4, 0.5) is 0 Å². The van der Waals surface area contributed by atoms with E-state index in [-0.39, 0.29) is 25.1 Å². The van der Waals surface area contributed by atoms with Crippen LogP contribution in [0, 0.1) is 6.92 Å². The van der Waals surface area contributed by atoms with Crippen LogP contribution < -0.4 is 14.8 Å². The fraction of sp³-hybridized carbons (Fsp3) is 0.318. The van der Waals surface area contributed by atoms with Gasteiger partial charge in [0.1, 0.15) is 30.0 Å². The quantitative estimate of drug-likeness (QED) is 0.559. The van der Waals surface area contributed by atoms with E-state index in [1.165, 1.54) is 5.56 Å². The SMILES string of the molecule is COc1cccc(C(NCC(O)COc2ccc(C)cc2)c2nccn2C)c1.Cl. The Morgan fingerprint density at radius 2 is 1.90 bits per heavy atom. The molecule has 0 spiro atoms. The largest absolute Gasteiger partial charge is 0.497 e. The summed E-state index contributed by atoms with van der Waals surface area (Å²) in [5.41, 5.74) is 2.19. The second kappa shape index (κ2) is 10.9. The fourth-order valence-corrected chi connectivity index (χ4v) is 2.97. The molecule has 156 valence electrons. The first kappa shape index (κ1) is 22.7. The molecule has 0 radical (unpaired) electrons. The first-order valence-corrected chi connectivity index (χ1v) is 9.29. The van der Waals surface area contributed by atoms with Gasteiger partial charge < -0.3 is 24.5 Å². The molecule has 0 aliphatic carbocycles. The molecule has 1 aromatic heterocycles. The molecule has 3 aromatic rings. The second-order valence-corrected chi connectivity index (χ2v) is 6.79. The van der Waals surface area contributed by atoms with Gasteiger partial charge in [-0.15, -0.1) is 12.4 Å². The first-order chi connectivity index (χ1) is 13.6. The monoisotopic (exact) mass is 417 g/mol. The van der Waals surface area contributed by atoms with Crippen LogP contribution >= 0.6 is 12.4 Å². The van der Waals surface area contributed by atoms with E-state index in [1.807, 2.05) is 73.3 Å². The van der Waals surface area contributed by atoms with Gasteiger partial charge in [-0.3, -0.25) is 0 Å². The number of nitrogens with one attached hydrogen (secondary N) is 1. The maximum Gasteiger partial charge on any atom is 0.130 e. The number of hydrogen-bond donors (Lipinski definition) is 2. The van der Waals surface area contributed by atoms with Crippen LogP contribution in [-0.2, 0) is 7.05 Å². The van der Waals surface area contributed by atoms with Crippen molar-refractivity contribution in [3.8, 4) is 11.5 Å². The zero-order chi connectivity index (χ0) is 19.9. The predicted octanol–water partition coefficient (Wildman–Crippen LogP) is 3.28. The topological polar surface area (TPSA) is 68.5 Å². The lowest BCUT2D eigenvalue weighted by Crippen LogP contribution is -2.35. The molecule has 2 N–H and O–H groups in total. The van der Waals surface area contributed by atoms with Gasteiger partial charge in [0.25, 0.3) is 0 Å². The number of rotatable bonds is 9. The van der Waals surface area contributed by atoms with E-state index >= 15 is 0 Å². The summed E-state index contributed by atoms with van der Waals surface area (Å²) in [6, 6.07) is 15.5. The Balaban J connectivity index is 0.00000300. The number of hydrogen-bond acceptors (Lipinski definition) is 5. The second-order valence-electron chi connectivity index (χ2n) is 6.79. The molecular formula is C22H28ClN3O3. The normalized spacial score (nSPS) is 12.7. The van der Waals surface area contributed by atoms with Crippen molar-refractivity contribution in [3.63, 3.8) is 0 Å². The number of imidazole rings is 1. The highest BCUT2D eigenvalue weighted by Gasteiger charge is 2.20. The van der Waals surface area contributed by atoms with Gasteiger partial charge in [-0.2, -0.15) is 0 Å². The summed E-state index contributed by atoms with van der Waals surface area (Å²) in [5.74, 6) is 2.39. The number of aryl methyl sites for hydroxylation is 2. The number of nitrogens with zero attached hydrogens (tertiary/aromatic N) is 2. The van der Waals surface area contributed by atoms with Crippen LogP contribution in [0.2, 0.25) is 0 Å². The summed E-state index contributed by atoms with van der Waals surface area (Å²) in [7, 11) is 3.60. The van der Waals surface area contributed by atoms with Crippen molar-refractivity contribution in [2.45, 2.75) is 19.1 Å². The molecule has 3 rings (SSSR count). The molecule has 1 heterocycles.